The largest absolute Gasteiger partial charge is 0.154 e. The summed E-state index contributed by atoms with van der Waals surface area (Å²) in [5.74, 6) is 0. The van der Waals surface area contributed by atoms with Gasteiger partial charge in [-0.2, -0.15) is 4.59 Å². The summed E-state index contributed by atoms with van der Waals surface area (Å²) in [7, 11) is 3.98. The van der Waals surface area contributed by atoms with Crippen LogP contribution in [0.5, 0.6) is 0 Å². The lowest BCUT2D eigenvalue weighted by atomic mass is 10.5. The van der Waals surface area contributed by atoms with Crippen molar-refractivity contribution in [3.05, 3.63) is 11.9 Å². The number of nitrogens with zero attached hydrogens (tertiary/aromatic N) is 3. The molecule has 0 saturated carbocycles. The molecule has 1 aliphatic heterocycles. The van der Waals surface area contributed by atoms with Crippen LogP contribution in [0.25, 0.3) is 0 Å². The van der Waals surface area contributed by atoms with E-state index in [-0.39, 0.29) is 0 Å². The zero-order valence-corrected chi connectivity index (χ0v) is 5.42. The fourth-order valence-electron chi connectivity index (χ4n) is 0.450. The molecule has 8 heavy (non-hydrogen) atoms. The Bertz CT molecular complexity index is 155. The molecule has 0 aliphatic carbocycles. The summed E-state index contributed by atoms with van der Waals surface area (Å²) in [6.07, 6.45) is 1.78. The molecular weight excluding hydrogens is 102 g/mol. The van der Waals surface area contributed by atoms with E-state index >= 15 is 0 Å². The van der Waals surface area contributed by atoms with Gasteiger partial charge in [0.2, 0.25) is 0 Å². The third kappa shape index (κ3) is 0.648. The molecule has 0 unspecified atom stereocenters. The van der Waals surface area contributed by atoms with Gasteiger partial charge in [0, 0.05) is 12.1 Å². The van der Waals surface area contributed by atoms with Crippen molar-refractivity contribution >= 4 is 0 Å². The predicted octanol–water partition coefficient (Wildman–Crippen LogP) is 1.30. The molecule has 0 atom stereocenters. The molecule has 1 aliphatic rings. The van der Waals surface area contributed by atoms with E-state index in [1.165, 1.54) is 5.70 Å². The molecule has 3 nitrogen and oxygen atoms in total. The highest BCUT2D eigenvalue weighted by atomic mass is 15.7. The van der Waals surface area contributed by atoms with E-state index in [9.17, 15) is 0 Å². The van der Waals surface area contributed by atoms with Gasteiger partial charge in [-0.15, -0.1) is 5.11 Å². The number of hydrogen-bond donors (Lipinski definition) is 0. The van der Waals surface area contributed by atoms with Crippen LogP contribution >= 0.6 is 0 Å². The normalized spacial score (nSPS) is 23.6. The Labute approximate surface area is 48.9 Å². The summed E-state index contributed by atoms with van der Waals surface area (Å²) in [5, 5.41) is 7.67. The van der Waals surface area contributed by atoms with Crippen LogP contribution in [0.1, 0.15) is 6.92 Å². The van der Waals surface area contributed by atoms with Crippen LogP contribution in [0.2, 0.25) is 0 Å². The Kier molecular flexibility index (Phi) is 0.942. The predicted molar refractivity (Wildman–Crippen MR) is 30.7 cm³/mol. The minimum absolute atomic E-state index is 0.556. The lowest BCUT2D eigenvalue weighted by Gasteiger charge is -2.14. The van der Waals surface area contributed by atoms with Gasteiger partial charge in [0.25, 0.3) is 0 Å². The van der Waals surface area contributed by atoms with Crippen LogP contribution in [0.15, 0.2) is 22.2 Å². The highest BCUT2D eigenvalue weighted by molar-refractivity contribution is 4.87. The average Bonchev–Trinajstić information content (AvgIpc) is 1.86. The maximum atomic E-state index is 3.92. The van der Waals surface area contributed by atoms with Gasteiger partial charge in [-0.3, -0.25) is 0 Å². The lowest BCUT2D eigenvalue weighted by Crippen LogP contribution is -2.27. The summed E-state index contributed by atoms with van der Waals surface area (Å²) < 4.78 is 0.556. The standard InChI is InChI=1S/C5H10N3/c1-5-4-6-7-8(5,2)3/h4H,1-3H3/q+1. The summed E-state index contributed by atoms with van der Waals surface area (Å²) in [6.45, 7) is 2.01. The maximum Gasteiger partial charge on any atom is 0.154 e. The lowest BCUT2D eigenvalue weighted by molar-refractivity contribution is -0.859. The van der Waals surface area contributed by atoms with Gasteiger partial charge in [0.15, 0.2) is 5.70 Å². The summed E-state index contributed by atoms with van der Waals surface area (Å²) >= 11 is 0. The first-order valence-electron chi connectivity index (χ1n) is 2.56. The zero-order chi connectivity index (χ0) is 6.20. The maximum absolute atomic E-state index is 3.92. The molecule has 0 aromatic heterocycles. The summed E-state index contributed by atoms with van der Waals surface area (Å²) in [4.78, 5) is 0. The number of hydrogen-bond acceptors (Lipinski definition) is 2. The second kappa shape index (κ2) is 1.39. The van der Waals surface area contributed by atoms with Gasteiger partial charge in [0.05, 0.1) is 14.1 Å². The van der Waals surface area contributed by atoms with E-state index in [0.717, 1.165) is 0 Å². The summed E-state index contributed by atoms with van der Waals surface area (Å²) in [5.41, 5.74) is 1.17. The molecule has 3 heteroatoms. The first-order chi connectivity index (χ1) is 3.63. The quantitative estimate of drug-likeness (QED) is 0.422. The fraction of sp³-hybridized carbons (Fsp3) is 0.600. The van der Waals surface area contributed by atoms with E-state index in [0.29, 0.717) is 4.59 Å². The van der Waals surface area contributed by atoms with Crippen LogP contribution in [0.4, 0.5) is 0 Å². The highest BCUT2D eigenvalue weighted by Gasteiger charge is 2.21. The molecule has 1 heterocycles. The van der Waals surface area contributed by atoms with Crippen molar-refractivity contribution < 1.29 is 4.59 Å². The smallest absolute Gasteiger partial charge is 0.154 e. The Morgan fingerprint density at radius 2 is 2.12 bits per heavy atom. The third-order valence-electron chi connectivity index (χ3n) is 1.38. The monoisotopic (exact) mass is 112 g/mol. The molecule has 0 bridgehead atoms. The highest BCUT2D eigenvalue weighted by Crippen LogP contribution is 2.17. The van der Waals surface area contributed by atoms with Crippen molar-refractivity contribution in [1.29, 1.82) is 0 Å². The van der Waals surface area contributed by atoms with Crippen molar-refractivity contribution in [1.82, 2.24) is 0 Å². The minimum atomic E-state index is 0.556. The van der Waals surface area contributed by atoms with Crippen LogP contribution in [0.3, 0.4) is 0 Å². The Hall–Kier alpha value is -0.700. The number of quaternary nitrogens is 1. The van der Waals surface area contributed by atoms with Crippen molar-refractivity contribution in [2.45, 2.75) is 6.92 Å². The number of allylic oxidation sites excluding steroid dienone is 1. The Balaban J connectivity index is 2.87. The molecule has 1 rings (SSSR count). The van der Waals surface area contributed by atoms with Crippen LogP contribution in [-0.2, 0) is 0 Å². The van der Waals surface area contributed by atoms with Crippen molar-refractivity contribution in [3.63, 3.8) is 0 Å². The van der Waals surface area contributed by atoms with E-state index in [1.807, 2.05) is 21.0 Å². The first-order valence-corrected chi connectivity index (χ1v) is 2.56. The van der Waals surface area contributed by atoms with E-state index in [2.05, 4.69) is 10.3 Å². The van der Waals surface area contributed by atoms with Crippen LogP contribution in [-0.4, -0.2) is 18.7 Å². The van der Waals surface area contributed by atoms with Gasteiger partial charge < -0.3 is 0 Å². The molecule has 0 aromatic rings. The van der Waals surface area contributed by atoms with Crippen molar-refractivity contribution in [2.75, 3.05) is 14.1 Å². The van der Waals surface area contributed by atoms with Gasteiger partial charge >= 0.3 is 0 Å². The van der Waals surface area contributed by atoms with Crippen LogP contribution < -0.4 is 0 Å². The van der Waals surface area contributed by atoms with Gasteiger partial charge in [-0.25, -0.2) is 0 Å². The molecule has 0 N–H and O–H groups in total. The summed E-state index contributed by atoms with van der Waals surface area (Å²) in [6, 6.07) is 0. The van der Waals surface area contributed by atoms with Crippen LogP contribution in [0, 0.1) is 0 Å². The molecule has 0 spiro atoms. The van der Waals surface area contributed by atoms with Crippen molar-refractivity contribution in [3.8, 4) is 0 Å². The molecule has 0 saturated heterocycles. The molecule has 0 radical (unpaired) electrons. The topological polar surface area (TPSA) is 24.7 Å². The second-order valence-electron chi connectivity index (χ2n) is 2.37. The van der Waals surface area contributed by atoms with E-state index in [1.54, 1.807) is 6.20 Å². The second-order valence-corrected chi connectivity index (χ2v) is 2.37. The fourth-order valence-corrected chi connectivity index (χ4v) is 0.450. The third-order valence-corrected chi connectivity index (χ3v) is 1.38. The SMILES string of the molecule is CC1=CN=N[N+]1(C)C. The number of rotatable bonds is 0. The molecule has 0 aromatic carbocycles. The van der Waals surface area contributed by atoms with Crippen molar-refractivity contribution in [2.24, 2.45) is 10.3 Å². The van der Waals surface area contributed by atoms with E-state index < -0.39 is 0 Å². The first kappa shape index (κ1) is 5.44. The van der Waals surface area contributed by atoms with Gasteiger partial charge in [-0.1, -0.05) is 0 Å². The molecule has 0 fully saturated rings. The zero-order valence-electron chi connectivity index (χ0n) is 5.42. The molecule has 0 amide bonds. The van der Waals surface area contributed by atoms with Gasteiger partial charge in [-0.05, 0) is 0 Å². The van der Waals surface area contributed by atoms with Gasteiger partial charge in [0.1, 0.15) is 6.20 Å². The Morgan fingerprint density at radius 3 is 2.25 bits per heavy atom. The average molecular weight is 112 g/mol. The minimum Gasteiger partial charge on any atom is -0.154 e. The Morgan fingerprint density at radius 1 is 1.50 bits per heavy atom. The van der Waals surface area contributed by atoms with E-state index in [4.69, 9.17) is 0 Å². The molecular formula is C5H10N3+. The molecule has 44 valence electrons.